The van der Waals surface area contributed by atoms with Crippen molar-refractivity contribution in [2.75, 3.05) is 0 Å². The molecule has 0 aliphatic rings. The molecular formula is C6H6NaO. The molecule has 1 radical (unpaired) electrons. The van der Waals surface area contributed by atoms with E-state index in [1.54, 1.807) is 24.3 Å². The molecule has 0 heterocycles. The number of para-hydroxylation sites is 1. The van der Waals surface area contributed by atoms with Crippen LogP contribution in [0.2, 0.25) is 0 Å². The third kappa shape index (κ3) is 2.36. The summed E-state index contributed by atoms with van der Waals surface area (Å²) in [5, 5.41) is 8.58. The first kappa shape index (κ1) is 8.02. The molecule has 2 heteroatoms. The number of phenolic OH excluding ortho intramolecular Hbond substituents is 1. The molecule has 0 saturated heterocycles. The predicted octanol–water partition coefficient (Wildman–Crippen LogP) is 0.544. The molecule has 0 atom stereocenters. The Morgan fingerprint density at radius 3 is 2.38 bits per heavy atom. The zero-order valence-electron chi connectivity index (χ0n) is 3.76. The Morgan fingerprint density at radius 1 is 1.38 bits per heavy atom. The molecule has 37 valence electrons. The Kier molecular flexibility index (Phi) is 3.97. The van der Waals surface area contributed by atoms with Crippen LogP contribution < -0.4 is 0 Å². The third-order valence-electron chi connectivity index (χ3n) is 0.693. The summed E-state index contributed by atoms with van der Waals surface area (Å²) >= 11 is 0. The zero-order chi connectivity index (χ0) is 5.11. The van der Waals surface area contributed by atoms with E-state index in [1.165, 1.54) is 0 Å². The van der Waals surface area contributed by atoms with E-state index in [9.17, 15) is 0 Å². The van der Waals surface area contributed by atoms with Crippen LogP contribution in [-0.2, 0) is 0 Å². The summed E-state index contributed by atoms with van der Waals surface area (Å²) in [5.41, 5.74) is 0. The number of phenols is 1. The molecule has 0 aromatic heterocycles. The van der Waals surface area contributed by atoms with Gasteiger partial charge in [0.05, 0.1) is 0 Å². The van der Waals surface area contributed by atoms with Crippen LogP contribution in [0.3, 0.4) is 0 Å². The van der Waals surface area contributed by atoms with E-state index in [0.717, 1.165) is 0 Å². The summed E-state index contributed by atoms with van der Waals surface area (Å²) in [4.78, 5) is 0. The number of benzene rings is 1. The van der Waals surface area contributed by atoms with E-state index >= 15 is 0 Å². The summed E-state index contributed by atoms with van der Waals surface area (Å²) < 4.78 is 0. The molecule has 0 bridgehead atoms. The Bertz CT molecular complexity index is 138. The van der Waals surface area contributed by atoms with Crippen LogP contribution in [0.15, 0.2) is 24.3 Å². The number of aromatic hydroxyl groups is 1. The van der Waals surface area contributed by atoms with Gasteiger partial charge in [-0.25, -0.2) is 0 Å². The topological polar surface area (TPSA) is 20.2 Å². The molecule has 0 fully saturated rings. The quantitative estimate of drug-likeness (QED) is 0.492. The predicted molar refractivity (Wildman–Crippen MR) is 34.1 cm³/mol. The molecule has 1 aromatic rings. The molecule has 0 amide bonds. The van der Waals surface area contributed by atoms with Gasteiger partial charge in [0.15, 0.2) is 0 Å². The molecular weight excluding hydrogens is 111 g/mol. The van der Waals surface area contributed by atoms with E-state index in [0.29, 0.717) is 0 Å². The van der Waals surface area contributed by atoms with Crippen molar-refractivity contribution in [1.29, 1.82) is 0 Å². The van der Waals surface area contributed by atoms with Gasteiger partial charge in [0.2, 0.25) is 0 Å². The summed E-state index contributed by atoms with van der Waals surface area (Å²) in [6.45, 7) is 0. The van der Waals surface area contributed by atoms with Gasteiger partial charge in [-0.3, -0.25) is 0 Å². The fraction of sp³-hybridized carbons (Fsp3) is 0. The summed E-state index contributed by atoms with van der Waals surface area (Å²) in [5.74, 6) is 0.197. The zero-order valence-corrected chi connectivity index (χ0v) is 3.76. The Labute approximate surface area is 70.6 Å². The van der Waals surface area contributed by atoms with Gasteiger partial charge in [0.25, 0.3) is 0 Å². The second kappa shape index (κ2) is 3.96. The number of hydrogen-bond acceptors (Lipinski definition) is 1. The van der Waals surface area contributed by atoms with Crippen molar-refractivity contribution in [1.82, 2.24) is 0 Å². The Morgan fingerprint density at radius 2 is 2.12 bits per heavy atom. The van der Waals surface area contributed by atoms with Crippen LogP contribution in [0.1, 0.15) is 0 Å². The molecule has 1 rings (SSSR count). The summed E-state index contributed by atoms with van der Waals surface area (Å²) in [7, 11) is 0. The first-order valence-electron chi connectivity index (χ1n) is 2.05. The van der Waals surface area contributed by atoms with E-state index in [-0.39, 0.29) is 35.3 Å². The maximum atomic E-state index is 8.58. The molecule has 8 heavy (non-hydrogen) atoms. The Hall–Kier alpha value is 0.0200. The summed E-state index contributed by atoms with van der Waals surface area (Å²) in [6, 6.07) is 9.39. The van der Waals surface area contributed by atoms with Gasteiger partial charge in [0, 0.05) is 6.07 Å². The minimum absolute atomic E-state index is 0. The standard InChI is InChI=1S/C6H5O.Na.H/c7-6-4-2-1-3-5-6;;/h1-4,7H;;. The number of hydrogen-bond donors (Lipinski definition) is 1. The van der Waals surface area contributed by atoms with Crippen molar-refractivity contribution >= 4 is 29.6 Å². The molecule has 0 aliphatic carbocycles. The SMILES string of the molecule is Oc1[c]cccc1.[NaH]. The monoisotopic (exact) mass is 117 g/mol. The Balaban J connectivity index is 0.000000490. The maximum absolute atomic E-state index is 8.58. The molecule has 0 saturated carbocycles. The normalized spacial score (nSPS) is 7.50. The van der Waals surface area contributed by atoms with Crippen molar-refractivity contribution in [2.24, 2.45) is 0 Å². The molecule has 0 unspecified atom stereocenters. The van der Waals surface area contributed by atoms with Gasteiger partial charge < -0.3 is 5.11 Å². The van der Waals surface area contributed by atoms with Crippen LogP contribution in [0, 0.1) is 6.07 Å². The van der Waals surface area contributed by atoms with Crippen molar-refractivity contribution in [3.05, 3.63) is 30.3 Å². The molecule has 1 nitrogen and oxygen atoms in total. The van der Waals surface area contributed by atoms with Crippen LogP contribution in [0.25, 0.3) is 0 Å². The minimum atomic E-state index is 0. The molecule has 0 aliphatic heterocycles. The van der Waals surface area contributed by atoms with Crippen molar-refractivity contribution in [2.45, 2.75) is 0 Å². The van der Waals surface area contributed by atoms with Crippen molar-refractivity contribution in [3.63, 3.8) is 0 Å². The van der Waals surface area contributed by atoms with Crippen LogP contribution in [-0.4, -0.2) is 34.7 Å². The van der Waals surface area contributed by atoms with Gasteiger partial charge >= 0.3 is 29.6 Å². The van der Waals surface area contributed by atoms with Crippen LogP contribution in [0.4, 0.5) is 0 Å². The van der Waals surface area contributed by atoms with Crippen LogP contribution >= 0.6 is 0 Å². The second-order valence-corrected chi connectivity index (χ2v) is 1.25. The van der Waals surface area contributed by atoms with Gasteiger partial charge in [-0.15, -0.1) is 0 Å². The fourth-order valence-corrected chi connectivity index (χ4v) is 0.384. The third-order valence-corrected chi connectivity index (χ3v) is 0.693. The van der Waals surface area contributed by atoms with Gasteiger partial charge in [-0.2, -0.15) is 0 Å². The average molecular weight is 117 g/mol. The first-order chi connectivity index (χ1) is 3.39. The van der Waals surface area contributed by atoms with E-state index < -0.39 is 0 Å². The van der Waals surface area contributed by atoms with E-state index in [2.05, 4.69) is 6.07 Å². The van der Waals surface area contributed by atoms with Gasteiger partial charge in [-0.05, 0) is 6.07 Å². The first-order valence-corrected chi connectivity index (χ1v) is 2.05. The number of rotatable bonds is 0. The average Bonchev–Trinajstić information content (AvgIpc) is 1.69. The van der Waals surface area contributed by atoms with Crippen molar-refractivity contribution in [3.8, 4) is 5.75 Å². The van der Waals surface area contributed by atoms with Gasteiger partial charge in [0.1, 0.15) is 5.75 Å². The molecule has 0 spiro atoms. The summed E-state index contributed by atoms with van der Waals surface area (Å²) in [6.07, 6.45) is 0. The van der Waals surface area contributed by atoms with Crippen LogP contribution in [0.5, 0.6) is 5.75 Å². The van der Waals surface area contributed by atoms with Gasteiger partial charge in [-0.1, -0.05) is 18.2 Å². The second-order valence-electron chi connectivity index (χ2n) is 1.25. The van der Waals surface area contributed by atoms with E-state index in [1.807, 2.05) is 0 Å². The van der Waals surface area contributed by atoms with E-state index in [4.69, 9.17) is 5.11 Å². The molecule has 1 aromatic carbocycles. The van der Waals surface area contributed by atoms with Crippen molar-refractivity contribution < 1.29 is 5.11 Å². The fourth-order valence-electron chi connectivity index (χ4n) is 0.384. The molecule has 1 N–H and O–H groups in total.